The Morgan fingerprint density at radius 3 is 1.19 bits per heavy atom. The van der Waals surface area contributed by atoms with Gasteiger partial charge in [0.1, 0.15) is 11.2 Å². The molecule has 14 aromatic carbocycles. The molecular weight excluding hydrogens is 1100 g/mol. The Bertz CT molecular complexity index is 5030. The molecule has 424 valence electrons. The molecule has 0 unspecified atom stereocenters. The Balaban J connectivity index is 1.00. The molecular formula is C86H56BN3O. The third-order valence-electron chi connectivity index (χ3n) is 20.1. The zero-order valence-electron chi connectivity index (χ0n) is 49.7. The summed E-state index contributed by atoms with van der Waals surface area (Å²) in [5, 5.41) is 2.12. The first-order valence-corrected chi connectivity index (χ1v) is 31.6. The summed E-state index contributed by atoms with van der Waals surface area (Å²) in [5.41, 5.74) is 28.9. The predicted molar refractivity (Wildman–Crippen MR) is 377 cm³/mol. The lowest BCUT2D eigenvalue weighted by atomic mass is 9.33. The topological polar surface area (TPSA) is 22.9 Å². The largest absolute Gasteiger partial charge is 0.456 e. The minimum absolute atomic E-state index is 0.239. The molecule has 0 amide bonds. The van der Waals surface area contributed by atoms with Gasteiger partial charge in [-0.15, -0.1) is 0 Å². The third kappa shape index (κ3) is 7.11. The number of benzene rings is 14. The molecule has 91 heavy (non-hydrogen) atoms. The van der Waals surface area contributed by atoms with Crippen LogP contribution in [0.25, 0.3) is 44.2 Å². The number of hydrogen-bond acceptors (Lipinski definition) is 4. The molecule has 0 saturated heterocycles. The van der Waals surface area contributed by atoms with Crippen molar-refractivity contribution in [3.63, 3.8) is 0 Å². The van der Waals surface area contributed by atoms with E-state index in [9.17, 15) is 0 Å². The molecule has 0 bridgehead atoms. The van der Waals surface area contributed by atoms with Crippen LogP contribution in [0.4, 0.5) is 51.2 Å². The lowest BCUT2D eigenvalue weighted by Gasteiger charge is -2.46. The average Bonchev–Trinajstić information content (AvgIpc) is 1.62. The normalized spacial score (nSPS) is 14.0. The lowest BCUT2D eigenvalue weighted by Crippen LogP contribution is -2.61. The average molecular weight is 1160 g/mol. The highest BCUT2D eigenvalue weighted by Gasteiger charge is 2.54. The highest BCUT2D eigenvalue weighted by molar-refractivity contribution is 7.00. The minimum Gasteiger partial charge on any atom is -0.456 e. The van der Waals surface area contributed by atoms with Crippen LogP contribution in [-0.2, 0) is 10.8 Å². The van der Waals surface area contributed by atoms with Gasteiger partial charge in [-0.1, -0.05) is 273 Å². The zero-order valence-corrected chi connectivity index (χ0v) is 49.7. The third-order valence-corrected chi connectivity index (χ3v) is 20.1. The van der Waals surface area contributed by atoms with E-state index in [1.54, 1.807) is 0 Å². The van der Waals surface area contributed by atoms with Crippen LogP contribution in [-0.4, -0.2) is 6.71 Å². The van der Waals surface area contributed by atoms with E-state index in [1.165, 1.54) is 94.5 Å². The predicted octanol–water partition coefficient (Wildman–Crippen LogP) is 19.9. The zero-order chi connectivity index (χ0) is 59.8. The van der Waals surface area contributed by atoms with Gasteiger partial charge >= 0.3 is 0 Å². The van der Waals surface area contributed by atoms with Crippen molar-refractivity contribution in [2.45, 2.75) is 10.8 Å². The molecule has 15 aromatic rings. The number of hydrogen-bond donors (Lipinski definition) is 0. The Morgan fingerprint density at radius 1 is 0.319 bits per heavy atom. The van der Waals surface area contributed by atoms with E-state index in [1.807, 2.05) is 0 Å². The SMILES string of the molecule is c1ccc(N2c3cc(N(c4ccccc4)c4cccc5oc6ccccc6c45)cc4c3B(c3ccc5c(c32)-c2ccccc2C5(c2ccccc2)c2ccccc2)c2ccc3c(c2N4c2ccccc2)-c2ccccc2C3(c2ccccc2)c2ccccc2)cc1. The van der Waals surface area contributed by atoms with Crippen LogP contribution in [0.1, 0.15) is 44.5 Å². The van der Waals surface area contributed by atoms with Crippen LogP contribution >= 0.6 is 0 Å². The van der Waals surface area contributed by atoms with Crippen molar-refractivity contribution in [3.8, 4) is 22.3 Å². The molecule has 0 atom stereocenters. The fraction of sp³-hybridized carbons (Fsp3) is 0.0233. The quantitative estimate of drug-likeness (QED) is 0.134. The second kappa shape index (κ2) is 19.9. The molecule has 2 aliphatic heterocycles. The number of para-hydroxylation sites is 4. The first-order valence-electron chi connectivity index (χ1n) is 31.6. The number of furan rings is 1. The van der Waals surface area contributed by atoms with Crippen LogP contribution in [0, 0.1) is 0 Å². The highest BCUT2D eigenvalue weighted by atomic mass is 16.3. The van der Waals surface area contributed by atoms with E-state index in [2.05, 4.69) is 354 Å². The van der Waals surface area contributed by atoms with Gasteiger partial charge in [-0.05, 0) is 139 Å². The molecule has 2 aliphatic carbocycles. The molecule has 3 heterocycles. The number of anilines is 9. The van der Waals surface area contributed by atoms with Gasteiger partial charge in [0.05, 0.1) is 27.6 Å². The summed E-state index contributed by atoms with van der Waals surface area (Å²) < 4.78 is 6.76. The van der Waals surface area contributed by atoms with Crippen molar-refractivity contribution in [3.05, 3.63) is 384 Å². The van der Waals surface area contributed by atoms with Gasteiger partial charge in [0.15, 0.2) is 0 Å². The summed E-state index contributed by atoms with van der Waals surface area (Å²) in [4.78, 5) is 7.76. The van der Waals surface area contributed by atoms with Gasteiger partial charge in [0, 0.05) is 56.3 Å². The van der Waals surface area contributed by atoms with Crippen molar-refractivity contribution < 1.29 is 4.42 Å². The van der Waals surface area contributed by atoms with Gasteiger partial charge in [0.2, 0.25) is 0 Å². The molecule has 4 nitrogen and oxygen atoms in total. The van der Waals surface area contributed by atoms with E-state index in [4.69, 9.17) is 4.42 Å². The maximum Gasteiger partial charge on any atom is 0.252 e. The molecule has 4 aliphatic rings. The molecule has 1 aromatic heterocycles. The molecule has 5 heteroatoms. The first-order chi connectivity index (χ1) is 45.2. The van der Waals surface area contributed by atoms with Crippen molar-refractivity contribution in [2.75, 3.05) is 14.7 Å². The van der Waals surface area contributed by atoms with Gasteiger partial charge in [0.25, 0.3) is 6.71 Å². The standard InChI is InChI=1S/C86H56BN3O/c1-8-29-57(30-9-1)85(58-31-10-2-11-32-58)68-46-25-22-43-65(68)79-70(85)51-53-72-83(79)89(62-39-18-6-19-40-62)75-55-64(88(61-37-16-5-17-38-61)74-48-28-50-78-81(74)67-45-24-27-49-77(67)91-78)56-76-82(75)87(72)73-54-52-71-80(84(73)90(76)63-41-20-7-21-42-63)66-44-23-26-47-69(66)86(71,59-33-12-3-13-34-59)60-35-14-4-15-36-60/h1-56H. The molecule has 0 radical (unpaired) electrons. The molecule has 0 saturated carbocycles. The summed E-state index contributed by atoms with van der Waals surface area (Å²) in [6.07, 6.45) is 0. The Kier molecular flexibility index (Phi) is 11.3. The van der Waals surface area contributed by atoms with Crippen LogP contribution in [0.5, 0.6) is 0 Å². The first kappa shape index (κ1) is 51.4. The fourth-order valence-corrected chi connectivity index (χ4v) is 16.8. The summed E-state index contributed by atoms with van der Waals surface area (Å²) in [5.74, 6) is 0. The van der Waals surface area contributed by atoms with Gasteiger partial charge in [-0.25, -0.2) is 0 Å². The number of rotatable bonds is 9. The van der Waals surface area contributed by atoms with Crippen LogP contribution in [0.15, 0.2) is 344 Å². The Morgan fingerprint density at radius 2 is 0.714 bits per heavy atom. The second-order valence-electron chi connectivity index (χ2n) is 24.5. The molecule has 0 N–H and O–H groups in total. The maximum atomic E-state index is 6.76. The van der Waals surface area contributed by atoms with E-state index >= 15 is 0 Å². The fourth-order valence-electron chi connectivity index (χ4n) is 16.8. The number of fused-ring (bicyclic) bond motifs is 15. The van der Waals surface area contributed by atoms with Gasteiger partial charge in [-0.2, -0.15) is 0 Å². The molecule has 0 spiro atoms. The summed E-state index contributed by atoms with van der Waals surface area (Å²) in [6, 6.07) is 127. The smallest absolute Gasteiger partial charge is 0.252 e. The van der Waals surface area contributed by atoms with Crippen molar-refractivity contribution in [1.29, 1.82) is 0 Å². The van der Waals surface area contributed by atoms with Crippen molar-refractivity contribution >= 4 is 96.2 Å². The molecule has 0 fully saturated rings. The summed E-state index contributed by atoms with van der Waals surface area (Å²) >= 11 is 0. The molecule has 19 rings (SSSR count). The highest BCUT2D eigenvalue weighted by Crippen LogP contribution is 2.63. The van der Waals surface area contributed by atoms with E-state index in [-0.39, 0.29) is 6.71 Å². The van der Waals surface area contributed by atoms with Crippen LogP contribution in [0.3, 0.4) is 0 Å². The maximum absolute atomic E-state index is 6.76. The second-order valence-corrected chi connectivity index (χ2v) is 24.5. The van der Waals surface area contributed by atoms with Gasteiger partial charge < -0.3 is 19.1 Å². The van der Waals surface area contributed by atoms with Gasteiger partial charge in [-0.3, -0.25) is 0 Å². The van der Waals surface area contributed by atoms with Crippen LogP contribution < -0.4 is 31.1 Å². The monoisotopic (exact) mass is 1160 g/mol. The lowest BCUT2D eigenvalue weighted by molar-refractivity contribution is 0.669. The minimum atomic E-state index is -0.646. The van der Waals surface area contributed by atoms with Crippen LogP contribution in [0.2, 0.25) is 0 Å². The Labute approximate surface area is 529 Å². The van der Waals surface area contributed by atoms with Crippen molar-refractivity contribution in [2.24, 2.45) is 0 Å². The summed E-state index contributed by atoms with van der Waals surface area (Å²) in [7, 11) is 0. The van der Waals surface area contributed by atoms with E-state index in [0.29, 0.717) is 0 Å². The summed E-state index contributed by atoms with van der Waals surface area (Å²) in [6.45, 7) is -0.239. The van der Waals surface area contributed by atoms with Crippen molar-refractivity contribution in [1.82, 2.24) is 0 Å². The number of nitrogens with zero attached hydrogens (tertiary/aromatic N) is 3. The van der Waals surface area contributed by atoms with E-state index < -0.39 is 10.8 Å². The Hall–Kier alpha value is -11.7. The van der Waals surface area contributed by atoms with E-state index in [0.717, 1.165) is 61.8 Å².